The first-order valence-corrected chi connectivity index (χ1v) is 4.20. The van der Waals surface area contributed by atoms with Gasteiger partial charge >= 0.3 is 0 Å². The Kier molecular flexibility index (Phi) is 3.71. The van der Waals surface area contributed by atoms with Crippen molar-refractivity contribution in [1.82, 2.24) is 4.90 Å². The third-order valence-corrected chi connectivity index (χ3v) is 1.76. The van der Waals surface area contributed by atoms with E-state index in [4.69, 9.17) is 5.73 Å². The Morgan fingerprint density at radius 3 is 1.92 bits per heavy atom. The molecule has 0 aromatic carbocycles. The Hall–Kier alpha value is -0.570. The van der Waals surface area contributed by atoms with E-state index in [1.54, 1.807) is 0 Å². The molecule has 0 fully saturated rings. The summed E-state index contributed by atoms with van der Waals surface area (Å²) in [6.07, 6.45) is 0.801. The second kappa shape index (κ2) is 3.90. The standard InChI is InChI=1S/C9H20N2O/c1-9(2,3)6-7(8(10)12)11(4)5/h7H,6H2,1-5H3,(H2,10,12)/t7-/m0/s1. The Balaban J connectivity index is 4.25. The maximum atomic E-state index is 11.0. The van der Waals surface area contributed by atoms with Gasteiger partial charge < -0.3 is 5.73 Å². The maximum absolute atomic E-state index is 11.0. The molecule has 1 atom stereocenters. The largest absolute Gasteiger partial charge is 0.368 e. The molecule has 0 radical (unpaired) electrons. The number of hydrogen-bond donors (Lipinski definition) is 1. The van der Waals surface area contributed by atoms with Crippen molar-refractivity contribution in [2.75, 3.05) is 14.1 Å². The van der Waals surface area contributed by atoms with E-state index < -0.39 is 0 Å². The lowest BCUT2D eigenvalue weighted by atomic mass is 9.87. The van der Waals surface area contributed by atoms with Crippen LogP contribution in [-0.4, -0.2) is 30.9 Å². The van der Waals surface area contributed by atoms with Crippen LogP contribution >= 0.6 is 0 Å². The van der Waals surface area contributed by atoms with Crippen LogP contribution in [0.2, 0.25) is 0 Å². The fourth-order valence-corrected chi connectivity index (χ4v) is 1.12. The van der Waals surface area contributed by atoms with Gasteiger partial charge in [0.25, 0.3) is 0 Å². The van der Waals surface area contributed by atoms with Crippen LogP contribution in [0.4, 0.5) is 0 Å². The molecule has 0 saturated heterocycles. The number of likely N-dealkylation sites (N-methyl/N-ethyl adjacent to an activating group) is 1. The molecule has 0 aliphatic rings. The number of nitrogens with two attached hydrogens (primary N) is 1. The molecule has 0 bridgehead atoms. The van der Waals surface area contributed by atoms with Crippen molar-refractivity contribution in [3.63, 3.8) is 0 Å². The number of nitrogens with zero attached hydrogens (tertiary/aromatic N) is 1. The third-order valence-electron chi connectivity index (χ3n) is 1.76. The van der Waals surface area contributed by atoms with Gasteiger partial charge in [-0.25, -0.2) is 0 Å². The summed E-state index contributed by atoms with van der Waals surface area (Å²) in [7, 11) is 3.75. The van der Waals surface area contributed by atoms with Gasteiger partial charge in [-0.2, -0.15) is 0 Å². The third kappa shape index (κ3) is 4.34. The predicted molar refractivity (Wildman–Crippen MR) is 50.7 cm³/mol. The van der Waals surface area contributed by atoms with Crippen molar-refractivity contribution < 1.29 is 4.79 Å². The molecule has 3 nitrogen and oxygen atoms in total. The molecule has 12 heavy (non-hydrogen) atoms. The SMILES string of the molecule is CN(C)[C@@H](CC(C)(C)C)C(N)=O. The molecule has 3 heteroatoms. The highest BCUT2D eigenvalue weighted by Gasteiger charge is 2.24. The summed E-state index contributed by atoms with van der Waals surface area (Å²) >= 11 is 0. The van der Waals surface area contributed by atoms with Gasteiger partial charge in [-0.15, -0.1) is 0 Å². The van der Waals surface area contributed by atoms with E-state index in [9.17, 15) is 4.79 Å². The van der Waals surface area contributed by atoms with Gasteiger partial charge in [0.15, 0.2) is 0 Å². The fourth-order valence-electron chi connectivity index (χ4n) is 1.12. The van der Waals surface area contributed by atoms with E-state index in [1.807, 2.05) is 19.0 Å². The van der Waals surface area contributed by atoms with E-state index in [0.717, 1.165) is 6.42 Å². The molecule has 72 valence electrons. The lowest BCUT2D eigenvalue weighted by Gasteiger charge is -2.28. The molecule has 0 unspecified atom stereocenters. The number of hydrogen-bond acceptors (Lipinski definition) is 2. The van der Waals surface area contributed by atoms with E-state index in [-0.39, 0.29) is 17.4 Å². The predicted octanol–water partition coefficient (Wildman–Crippen LogP) is 0.838. The second-order valence-corrected chi connectivity index (χ2v) is 4.65. The van der Waals surface area contributed by atoms with Crippen LogP contribution in [0.25, 0.3) is 0 Å². The first-order valence-electron chi connectivity index (χ1n) is 4.20. The minimum Gasteiger partial charge on any atom is -0.368 e. The zero-order valence-corrected chi connectivity index (χ0v) is 8.72. The van der Waals surface area contributed by atoms with Gasteiger partial charge in [0.05, 0.1) is 6.04 Å². The highest BCUT2D eigenvalue weighted by molar-refractivity contribution is 5.79. The summed E-state index contributed by atoms with van der Waals surface area (Å²) in [4.78, 5) is 12.9. The Labute approximate surface area is 74.9 Å². The smallest absolute Gasteiger partial charge is 0.234 e. The Morgan fingerprint density at radius 1 is 1.42 bits per heavy atom. The van der Waals surface area contributed by atoms with E-state index in [2.05, 4.69) is 20.8 Å². The van der Waals surface area contributed by atoms with Crippen molar-refractivity contribution in [3.8, 4) is 0 Å². The summed E-state index contributed by atoms with van der Waals surface area (Å²) in [6, 6.07) is -0.148. The average molecular weight is 172 g/mol. The van der Waals surface area contributed by atoms with Crippen molar-refractivity contribution in [2.45, 2.75) is 33.2 Å². The molecule has 2 N–H and O–H groups in total. The molecule has 0 spiro atoms. The average Bonchev–Trinajstić information content (AvgIpc) is 1.79. The zero-order chi connectivity index (χ0) is 9.94. The van der Waals surface area contributed by atoms with Crippen molar-refractivity contribution in [2.24, 2.45) is 11.1 Å². The second-order valence-electron chi connectivity index (χ2n) is 4.65. The van der Waals surface area contributed by atoms with E-state index in [1.165, 1.54) is 0 Å². The molecule has 1 amide bonds. The van der Waals surface area contributed by atoms with Crippen molar-refractivity contribution in [3.05, 3.63) is 0 Å². The lowest BCUT2D eigenvalue weighted by Crippen LogP contribution is -2.42. The quantitative estimate of drug-likeness (QED) is 0.685. The topological polar surface area (TPSA) is 46.3 Å². The van der Waals surface area contributed by atoms with Crippen LogP contribution in [0.3, 0.4) is 0 Å². The van der Waals surface area contributed by atoms with Gasteiger partial charge in [-0.05, 0) is 25.9 Å². The Bertz CT molecular complexity index is 158. The first kappa shape index (κ1) is 11.4. The van der Waals surface area contributed by atoms with Crippen LogP contribution < -0.4 is 5.73 Å². The van der Waals surface area contributed by atoms with Gasteiger partial charge in [0, 0.05) is 0 Å². The number of rotatable bonds is 3. The molecule has 0 saturated carbocycles. The summed E-state index contributed by atoms with van der Waals surface area (Å²) in [5, 5.41) is 0. The molecular formula is C9H20N2O. The number of primary amides is 1. The van der Waals surface area contributed by atoms with Crippen molar-refractivity contribution in [1.29, 1.82) is 0 Å². The summed E-state index contributed by atoms with van der Waals surface area (Å²) < 4.78 is 0. The Morgan fingerprint density at radius 2 is 1.83 bits per heavy atom. The number of amides is 1. The number of carbonyl (C=O) groups is 1. The highest BCUT2D eigenvalue weighted by Crippen LogP contribution is 2.22. The van der Waals surface area contributed by atoms with Crippen LogP contribution in [0.1, 0.15) is 27.2 Å². The normalized spacial score (nSPS) is 14.8. The van der Waals surface area contributed by atoms with E-state index >= 15 is 0 Å². The molecule has 0 heterocycles. The van der Waals surface area contributed by atoms with Gasteiger partial charge in [-0.3, -0.25) is 9.69 Å². The van der Waals surface area contributed by atoms with E-state index in [0.29, 0.717) is 0 Å². The van der Waals surface area contributed by atoms with Crippen LogP contribution in [-0.2, 0) is 4.79 Å². The minimum atomic E-state index is -0.241. The van der Waals surface area contributed by atoms with Crippen LogP contribution in [0.15, 0.2) is 0 Å². The van der Waals surface area contributed by atoms with Crippen LogP contribution in [0.5, 0.6) is 0 Å². The zero-order valence-electron chi connectivity index (χ0n) is 8.72. The summed E-state index contributed by atoms with van der Waals surface area (Å²) in [5.41, 5.74) is 5.41. The van der Waals surface area contributed by atoms with Gasteiger partial charge in [0.1, 0.15) is 0 Å². The van der Waals surface area contributed by atoms with Gasteiger partial charge in [0.2, 0.25) is 5.91 Å². The molecule has 0 aromatic heterocycles. The highest BCUT2D eigenvalue weighted by atomic mass is 16.1. The van der Waals surface area contributed by atoms with Gasteiger partial charge in [-0.1, -0.05) is 20.8 Å². The summed E-state index contributed by atoms with van der Waals surface area (Å²) in [5.74, 6) is -0.241. The number of carbonyl (C=O) groups excluding carboxylic acids is 1. The molecular weight excluding hydrogens is 152 g/mol. The lowest BCUT2D eigenvalue weighted by molar-refractivity contribution is -0.123. The van der Waals surface area contributed by atoms with Crippen LogP contribution in [0, 0.1) is 5.41 Å². The maximum Gasteiger partial charge on any atom is 0.234 e. The first-order chi connectivity index (χ1) is 5.24. The van der Waals surface area contributed by atoms with Crippen molar-refractivity contribution >= 4 is 5.91 Å². The minimum absolute atomic E-state index is 0.143. The molecule has 0 aromatic rings. The monoisotopic (exact) mass is 172 g/mol. The fraction of sp³-hybridized carbons (Fsp3) is 0.889. The molecule has 0 aliphatic heterocycles. The molecule has 0 rings (SSSR count). The molecule has 0 aliphatic carbocycles. The summed E-state index contributed by atoms with van der Waals surface area (Å²) in [6.45, 7) is 6.31.